The van der Waals surface area contributed by atoms with Gasteiger partial charge in [0, 0.05) is 39.6 Å². The minimum atomic E-state index is -0.792. The average Bonchev–Trinajstić information content (AvgIpc) is 3.72. The number of hydrogen-bond acceptors (Lipinski definition) is 9. The molecule has 0 aromatic carbocycles. The standard InChI is InChI=1S/C32H51N3O8/c1-20(8-11-27-21(2)16-26(23(4)42-27)34-29(37)13-10-22(3)41-24(5)36)9-12-28-31(39)32(19-40-32)18-25(43-28)17-30(38)35(7)15-14-33-6/h8-10,12-13,21-23,25-28,31,33,39H,11,14-19H2,1-7H3,(H,34,37)/b12-9+,13-10?,20-8+/t21-,22?,23+,25+,26+,27-,28+,31+,32+/m0/s1. The van der Waals surface area contributed by atoms with Crippen molar-refractivity contribution in [3.8, 4) is 0 Å². The summed E-state index contributed by atoms with van der Waals surface area (Å²) in [4.78, 5) is 37.8. The van der Waals surface area contributed by atoms with Crippen LogP contribution >= 0.6 is 0 Å². The van der Waals surface area contributed by atoms with Gasteiger partial charge in [0.1, 0.15) is 23.9 Å². The summed E-state index contributed by atoms with van der Waals surface area (Å²) in [5.74, 6) is -0.412. The quantitative estimate of drug-likeness (QED) is 0.125. The maximum atomic E-state index is 12.7. The Bertz CT molecular complexity index is 1060. The number of aliphatic hydroxyl groups is 1. The predicted molar refractivity (Wildman–Crippen MR) is 162 cm³/mol. The van der Waals surface area contributed by atoms with E-state index >= 15 is 0 Å². The van der Waals surface area contributed by atoms with Crippen LogP contribution in [0.5, 0.6) is 0 Å². The van der Waals surface area contributed by atoms with Gasteiger partial charge < -0.3 is 39.6 Å². The summed E-state index contributed by atoms with van der Waals surface area (Å²) in [7, 11) is 3.64. The Hall–Kier alpha value is -2.57. The molecule has 3 aliphatic rings. The number of nitrogens with one attached hydrogen (secondary N) is 2. The van der Waals surface area contributed by atoms with Crippen LogP contribution in [0.25, 0.3) is 0 Å². The highest BCUT2D eigenvalue weighted by atomic mass is 16.6. The SMILES string of the molecule is CNCCN(C)C(=O)C[C@@H]1C[C@@]2(CO2)[C@H](O)[C@@H](/C=C/C(C)=C/C[C@@H]2O[C@H](C)[C@H](NC(=O)C=CC(C)OC(C)=O)C[C@@H]2C)O1. The van der Waals surface area contributed by atoms with Crippen molar-refractivity contribution in [1.82, 2.24) is 15.5 Å². The minimum absolute atomic E-state index is 0.000905. The summed E-state index contributed by atoms with van der Waals surface area (Å²) in [6.07, 6.45) is 8.77. The van der Waals surface area contributed by atoms with Gasteiger partial charge in [0.05, 0.1) is 37.4 Å². The number of carbonyl (C=O) groups is 3. The van der Waals surface area contributed by atoms with Crippen LogP contribution in [0.4, 0.5) is 0 Å². The third-order valence-electron chi connectivity index (χ3n) is 8.45. The van der Waals surface area contributed by atoms with Crippen molar-refractivity contribution >= 4 is 17.8 Å². The molecule has 242 valence electrons. The first-order valence-electron chi connectivity index (χ1n) is 15.4. The lowest BCUT2D eigenvalue weighted by atomic mass is 9.87. The second kappa shape index (κ2) is 15.9. The highest BCUT2D eigenvalue weighted by molar-refractivity contribution is 5.87. The zero-order valence-corrected chi connectivity index (χ0v) is 26.7. The van der Waals surface area contributed by atoms with Crippen molar-refractivity contribution < 1.29 is 38.4 Å². The molecule has 3 saturated heterocycles. The van der Waals surface area contributed by atoms with Crippen molar-refractivity contribution in [3.05, 3.63) is 36.0 Å². The van der Waals surface area contributed by atoms with E-state index in [2.05, 4.69) is 23.6 Å². The van der Waals surface area contributed by atoms with Crippen LogP contribution in [0.15, 0.2) is 36.0 Å². The predicted octanol–water partition coefficient (Wildman–Crippen LogP) is 2.04. The molecule has 1 unspecified atom stereocenters. The molecule has 0 saturated carbocycles. The first kappa shape index (κ1) is 34.9. The second-order valence-corrected chi connectivity index (χ2v) is 12.3. The zero-order valence-electron chi connectivity index (χ0n) is 26.7. The summed E-state index contributed by atoms with van der Waals surface area (Å²) >= 11 is 0. The van der Waals surface area contributed by atoms with Crippen molar-refractivity contribution in [2.45, 2.75) is 109 Å². The molecule has 3 N–H and O–H groups in total. The number of epoxide rings is 1. The first-order chi connectivity index (χ1) is 20.3. The summed E-state index contributed by atoms with van der Waals surface area (Å²) in [6, 6.07) is -0.123. The monoisotopic (exact) mass is 605 g/mol. The molecule has 0 radical (unpaired) electrons. The van der Waals surface area contributed by atoms with Gasteiger partial charge in [-0.1, -0.05) is 30.7 Å². The van der Waals surface area contributed by atoms with E-state index in [4.69, 9.17) is 18.9 Å². The number of rotatable bonds is 13. The van der Waals surface area contributed by atoms with Crippen LogP contribution in [-0.4, -0.2) is 110 Å². The molecule has 43 heavy (non-hydrogen) atoms. The third kappa shape index (κ3) is 10.5. The molecule has 11 heteroatoms. The lowest BCUT2D eigenvalue weighted by Crippen LogP contribution is -2.51. The maximum absolute atomic E-state index is 12.7. The molecule has 0 aliphatic carbocycles. The lowest BCUT2D eigenvalue weighted by molar-refractivity contribution is -0.150. The molecule has 0 aromatic rings. The summed E-state index contributed by atoms with van der Waals surface area (Å²) in [6.45, 7) is 10.9. The third-order valence-corrected chi connectivity index (χ3v) is 8.45. The van der Waals surface area contributed by atoms with Gasteiger partial charge in [0.15, 0.2) is 0 Å². The summed E-state index contributed by atoms with van der Waals surface area (Å²) < 4.78 is 23.1. The molecule has 2 amide bonds. The molecule has 3 heterocycles. The fourth-order valence-electron chi connectivity index (χ4n) is 5.64. The Morgan fingerprint density at radius 1 is 1.19 bits per heavy atom. The lowest BCUT2D eigenvalue weighted by Gasteiger charge is -2.39. The van der Waals surface area contributed by atoms with Crippen molar-refractivity contribution in [3.63, 3.8) is 0 Å². The van der Waals surface area contributed by atoms with Crippen LogP contribution in [0.2, 0.25) is 0 Å². The van der Waals surface area contributed by atoms with Gasteiger partial charge in [0.25, 0.3) is 0 Å². The number of allylic oxidation sites excluding steroid dienone is 2. The topological polar surface area (TPSA) is 139 Å². The molecule has 0 bridgehead atoms. The van der Waals surface area contributed by atoms with E-state index in [0.717, 1.165) is 12.0 Å². The van der Waals surface area contributed by atoms with E-state index in [9.17, 15) is 19.5 Å². The van der Waals surface area contributed by atoms with Gasteiger partial charge in [-0.2, -0.15) is 0 Å². The highest BCUT2D eigenvalue weighted by Gasteiger charge is 2.58. The van der Waals surface area contributed by atoms with Gasteiger partial charge in [0.2, 0.25) is 11.8 Å². The van der Waals surface area contributed by atoms with Crippen LogP contribution in [-0.2, 0) is 33.3 Å². The van der Waals surface area contributed by atoms with Crippen LogP contribution in [0.3, 0.4) is 0 Å². The van der Waals surface area contributed by atoms with Crippen molar-refractivity contribution in [2.24, 2.45) is 5.92 Å². The summed E-state index contributed by atoms with van der Waals surface area (Å²) in [5, 5.41) is 17.0. The summed E-state index contributed by atoms with van der Waals surface area (Å²) in [5.41, 5.74) is 0.376. The van der Waals surface area contributed by atoms with E-state index in [1.54, 1.807) is 24.9 Å². The van der Waals surface area contributed by atoms with Crippen LogP contribution in [0.1, 0.15) is 60.3 Å². The number of nitrogens with zero attached hydrogens (tertiary/aromatic N) is 1. The number of carbonyl (C=O) groups excluding carboxylic acids is 3. The Balaban J connectivity index is 1.50. The molecular weight excluding hydrogens is 554 g/mol. The van der Waals surface area contributed by atoms with E-state index in [0.29, 0.717) is 32.5 Å². The van der Waals surface area contributed by atoms with Crippen LogP contribution < -0.4 is 10.6 Å². The number of esters is 1. The number of likely N-dealkylation sites (N-methyl/N-ethyl adjacent to an activating group) is 2. The van der Waals surface area contributed by atoms with Gasteiger partial charge in [-0.05, 0) is 52.7 Å². The van der Waals surface area contributed by atoms with E-state index in [1.807, 2.05) is 33.0 Å². The van der Waals surface area contributed by atoms with Gasteiger partial charge in [-0.15, -0.1) is 0 Å². The number of aliphatic hydroxyl groups excluding tert-OH is 1. The fourth-order valence-corrected chi connectivity index (χ4v) is 5.64. The molecule has 3 fully saturated rings. The van der Waals surface area contributed by atoms with E-state index in [1.165, 1.54) is 13.0 Å². The molecule has 11 nitrogen and oxygen atoms in total. The zero-order chi connectivity index (χ0) is 31.7. The van der Waals surface area contributed by atoms with Crippen molar-refractivity contribution in [1.29, 1.82) is 0 Å². The first-order valence-corrected chi connectivity index (χ1v) is 15.4. The van der Waals surface area contributed by atoms with Gasteiger partial charge in [-0.3, -0.25) is 14.4 Å². The van der Waals surface area contributed by atoms with Gasteiger partial charge in [-0.25, -0.2) is 0 Å². The van der Waals surface area contributed by atoms with Gasteiger partial charge >= 0.3 is 5.97 Å². The Labute approximate surface area is 256 Å². The molecule has 0 aromatic heterocycles. The normalized spacial score (nSPS) is 33.5. The molecule has 3 aliphatic heterocycles. The number of ether oxygens (including phenoxy) is 4. The average molecular weight is 606 g/mol. The molecular formula is C32H51N3O8. The van der Waals surface area contributed by atoms with E-state index in [-0.39, 0.29) is 48.5 Å². The Morgan fingerprint density at radius 2 is 1.91 bits per heavy atom. The Kier molecular flexibility index (Phi) is 12.9. The van der Waals surface area contributed by atoms with Crippen molar-refractivity contribution in [2.75, 3.05) is 33.8 Å². The van der Waals surface area contributed by atoms with E-state index < -0.39 is 29.9 Å². The Morgan fingerprint density at radius 3 is 2.56 bits per heavy atom. The largest absolute Gasteiger partial charge is 0.459 e. The van der Waals surface area contributed by atoms with Crippen LogP contribution in [0, 0.1) is 5.92 Å². The number of amides is 2. The second-order valence-electron chi connectivity index (χ2n) is 12.3. The molecule has 3 rings (SSSR count). The highest BCUT2D eigenvalue weighted by Crippen LogP contribution is 2.43. The molecule has 1 spiro atoms. The number of hydrogen-bond donors (Lipinski definition) is 3. The molecule has 9 atom stereocenters. The maximum Gasteiger partial charge on any atom is 0.303 e. The smallest absolute Gasteiger partial charge is 0.303 e. The minimum Gasteiger partial charge on any atom is -0.459 e. The fraction of sp³-hybridized carbons (Fsp3) is 0.719.